The van der Waals surface area contributed by atoms with E-state index in [0.29, 0.717) is 12.1 Å². The molecule has 14 heavy (non-hydrogen) atoms. The molecule has 0 N–H and O–H groups in total. The van der Waals surface area contributed by atoms with E-state index in [1.165, 1.54) is 19.2 Å². The molecule has 3 unspecified atom stereocenters. The van der Waals surface area contributed by atoms with Crippen LogP contribution >= 0.6 is 0 Å². The second-order valence-electron chi connectivity index (χ2n) is 5.04. The summed E-state index contributed by atoms with van der Waals surface area (Å²) in [5.41, 5.74) is 0. The molecular weight excluding hydrogens is 171 g/mol. The fourth-order valence-electron chi connectivity index (χ4n) is 2.20. The van der Waals surface area contributed by atoms with Crippen molar-refractivity contribution in [1.29, 1.82) is 0 Å². The molecule has 0 spiro atoms. The minimum Gasteiger partial charge on any atom is -0.384 e. The van der Waals surface area contributed by atoms with Crippen molar-refractivity contribution in [3.63, 3.8) is 0 Å². The lowest BCUT2D eigenvalue weighted by Gasteiger charge is -2.13. The van der Waals surface area contributed by atoms with Gasteiger partial charge in [-0.05, 0) is 24.7 Å². The average Bonchev–Trinajstić information content (AvgIpc) is 2.45. The lowest BCUT2D eigenvalue weighted by Crippen LogP contribution is -2.17. The maximum absolute atomic E-state index is 5.95. The SMILES string of the molecule is CCC1OC([B]CCC(C)C)CC1C. The van der Waals surface area contributed by atoms with Crippen molar-refractivity contribution in [3.8, 4) is 0 Å². The molecule has 1 saturated heterocycles. The molecule has 3 atom stereocenters. The van der Waals surface area contributed by atoms with Crippen LogP contribution in [0.4, 0.5) is 0 Å². The van der Waals surface area contributed by atoms with Gasteiger partial charge in [0.2, 0.25) is 0 Å². The van der Waals surface area contributed by atoms with E-state index in [4.69, 9.17) is 4.74 Å². The highest BCUT2D eigenvalue weighted by molar-refractivity contribution is 6.37. The summed E-state index contributed by atoms with van der Waals surface area (Å²) in [6.45, 7) is 9.09. The van der Waals surface area contributed by atoms with Crippen molar-refractivity contribution in [2.24, 2.45) is 11.8 Å². The molecule has 1 heterocycles. The highest BCUT2D eigenvalue weighted by atomic mass is 16.5. The largest absolute Gasteiger partial charge is 0.384 e. The van der Waals surface area contributed by atoms with Crippen molar-refractivity contribution >= 4 is 7.28 Å². The summed E-state index contributed by atoms with van der Waals surface area (Å²) < 4.78 is 5.95. The van der Waals surface area contributed by atoms with Gasteiger partial charge in [0.25, 0.3) is 0 Å². The van der Waals surface area contributed by atoms with Gasteiger partial charge < -0.3 is 4.74 Å². The molecule has 1 radical (unpaired) electrons. The zero-order valence-corrected chi connectivity index (χ0v) is 10.1. The number of rotatable bonds is 5. The van der Waals surface area contributed by atoms with Gasteiger partial charge in [-0.1, -0.05) is 40.4 Å². The van der Waals surface area contributed by atoms with Crippen molar-refractivity contribution in [2.75, 3.05) is 0 Å². The number of hydrogen-bond acceptors (Lipinski definition) is 1. The molecule has 2 heteroatoms. The molecule has 0 saturated carbocycles. The summed E-state index contributed by atoms with van der Waals surface area (Å²) in [6.07, 6.45) is 5.42. The van der Waals surface area contributed by atoms with Gasteiger partial charge >= 0.3 is 0 Å². The van der Waals surface area contributed by atoms with Gasteiger partial charge in [0, 0.05) is 6.00 Å². The number of ether oxygens (including phenoxy) is 1. The quantitative estimate of drug-likeness (QED) is 0.611. The highest BCUT2D eigenvalue weighted by Crippen LogP contribution is 2.28. The van der Waals surface area contributed by atoms with Crippen LogP contribution in [-0.2, 0) is 4.74 Å². The Morgan fingerprint density at radius 3 is 2.64 bits per heavy atom. The van der Waals surface area contributed by atoms with E-state index in [0.717, 1.165) is 18.3 Å². The Hall–Kier alpha value is 0.0249. The van der Waals surface area contributed by atoms with Crippen molar-refractivity contribution in [1.82, 2.24) is 0 Å². The summed E-state index contributed by atoms with van der Waals surface area (Å²) in [6, 6.07) is 0.439. The topological polar surface area (TPSA) is 9.23 Å². The molecule has 1 rings (SSSR count). The molecule has 0 aromatic heterocycles. The Morgan fingerprint density at radius 1 is 1.43 bits per heavy atom. The van der Waals surface area contributed by atoms with Crippen LogP contribution < -0.4 is 0 Å². The summed E-state index contributed by atoms with van der Waals surface area (Å²) >= 11 is 0. The highest BCUT2D eigenvalue weighted by Gasteiger charge is 2.30. The van der Waals surface area contributed by atoms with Crippen LogP contribution in [0.5, 0.6) is 0 Å². The monoisotopic (exact) mass is 195 g/mol. The van der Waals surface area contributed by atoms with E-state index in [-0.39, 0.29) is 0 Å². The van der Waals surface area contributed by atoms with Crippen molar-refractivity contribution in [2.45, 2.75) is 65.4 Å². The molecule has 1 nitrogen and oxygen atoms in total. The Morgan fingerprint density at radius 2 is 2.14 bits per heavy atom. The van der Waals surface area contributed by atoms with Crippen LogP contribution in [0, 0.1) is 11.8 Å². The second-order valence-corrected chi connectivity index (χ2v) is 5.04. The standard InChI is InChI=1S/C12H24BO/c1-5-11-10(4)8-12(14-11)13-7-6-9(2)3/h9-12H,5-8H2,1-4H3. The molecule has 0 aromatic carbocycles. The molecule has 1 fully saturated rings. The average molecular weight is 195 g/mol. The molecular formula is C12H24BO. The van der Waals surface area contributed by atoms with Gasteiger partial charge in [-0.3, -0.25) is 0 Å². The first-order chi connectivity index (χ1) is 6.63. The van der Waals surface area contributed by atoms with E-state index in [9.17, 15) is 0 Å². The lowest BCUT2D eigenvalue weighted by molar-refractivity contribution is 0.0700. The predicted molar refractivity (Wildman–Crippen MR) is 62.7 cm³/mol. The van der Waals surface area contributed by atoms with Gasteiger partial charge in [-0.2, -0.15) is 0 Å². The van der Waals surface area contributed by atoms with Gasteiger partial charge in [0.15, 0.2) is 0 Å². The molecule has 1 aliphatic rings. The molecule has 1 aliphatic heterocycles. The zero-order valence-electron chi connectivity index (χ0n) is 10.1. The van der Waals surface area contributed by atoms with Gasteiger partial charge in [-0.15, -0.1) is 0 Å². The van der Waals surface area contributed by atoms with E-state index >= 15 is 0 Å². The fraction of sp³-hybridized carbons (Fsp3) is 1.00. The minimum absolute atomic E-state index is 0.439. The fourth-order valence-corrected chi connectivity index (χ4v) is 2.20. The van der Waals surface area contributed by atoms with E-state index in [2.05, 4.69) is 35.0 Å². The third-order valence-corrected chi connectivity index (χ3v) is 3.16. The van der Waals surface area contributed by atoms with Gasteiger partial charge in [0.05, 0.1) is 6.10 Å². The molecule has 0 bridgehead atoms. The third-order valence-electron chi connectivity index (χ3n) is 3.16. The second kappa shape index (κ2) is 5.80. The summed E-state index contributed by atoms with van der Waals surface area (Å²) in [4.78, 5) is 0. The Bertz CT molecular complexity index is 158. The number of hydrogen-bond donors (Lipinski definition) is 0. The van der Waals surface area contributed by atoms with Crippen LogP contribution in [0.3, 0.4) is 0 Å². The van der Waals surface area contributed by atoms with Crippen LogP contribution in [0.15, 0.2) is 0 Å². The summed E-state index contributed by atoms with van der Waals surface area (Å²) in [5, 5.41) is 0. The van der Waals surface area contributed by atoms with Gasteiger partial charge in [0.1, 0.15) is 7.28 Å². The van der Waals surface area contributed by atoms with Crippen molar-refractivity contribution < 1.29 is 4.74 Å². The molecule has 81 valence electrons. The summed E-state index contributed by atoms with van der Waals surface area (Å²) in [7, 11) is 2.38. The zero-order chi connectivity index (χ0) is 10.6. The Kier molecular flexibility index (Phi) is 5.01. The normalized spacial score (nSPS) is 32.5. The first kappa shape index (κ1) is 12.1. The first-order valence-corrected chi connectivity index (χ1v) is 6.12. The van der Waals surface area contributed by atoms with Crippen LogP contribution in [0.1, 0.15) is 47.0 Å². The molecule has 0 amide bonds. The van der Waals surface area contributed by atoms with E-state index in [1.54, 1.807) is 0 Å². The van der Waals surface area contributed by atoms with Gasteiger partial charge in [-0.25, -0.2) is 0 Å². The smallest absolute Gasteiger partial charge is 0.149 e. The van der Waals surface area contributed by atoms with Crippen LogP contribution in [0.25, 0.3) is 0 Å². The summed E-state index contributed by atoms with van der Waals surface area (Å²) in [5.74, 6) is 1.56. The molecule has 0 aromatic rings. The maximum Gasteiger partial charge on any atom is 0.149 e. The van der Waals surface area contributed by atoms with Crippen LogP contribution in [0.2, 0.25) is 6.32 Å². The van der Waals surface area contributed by atoms with E-state index in [1.807, 2.05) is 0 Å². The maximum atomic E-state index is 5.95. The predicted octanol–water partition coefficient (Wildman–Crippen LogP) is 3.32. The molecule has 0 aliphatic carbocycles. The van der Waals surface area contributed by atoms with E-state index < -0.39 is 0 Å². The van der Waals surface area contributed by atoms with Crippen molar-refractivity contribution in [3.05, 3.63) is 0 Å². The Labute approximate surface area is 89.8 Å². The Balaban J connectivity index is 2.15. The minimum atomic E-state index is 0.439. The third kappa shape index (κ3) is 3.64. The van der Waals surface area contributed by atoms with Crippen LogP contribution in [-0.4, -0.2) is 19.4 Å². The first-order valence-electron chi connectivity index (χ1n) is 6.12. The lowest BCUT2D eigenvalue weighted by atomic mass is 9.65.